The van der Waals surface area contributed by atoms with Crippen LogP contribution in [0.5, 0.6) is 11.5 Å². The monoisotopic (exact) mass is 488 g/mol. The quantitative estimate of drug-likeness (QED) is 0.486. The van der Waals surface area contributed by atoms with E-state index in [9.17, 15) is 13.2 Å². The van der Waals surface area contributed by atoms with Crippen LogP contribution >= 0.6 is 0 Å². The summed E-state index contributed by atoms with van der Waals surface area (Å²) in [5.74, 6) is 2.08. The van der Waals surface area contributed by atoms with E-state index in [4.69, 9.17) is 9.47 Å². The van der Waals surface area contributed by atoms with Gasteiger partial charge in [-0.05, 0) is 60.2 Å². The lowest BCUT2D eigenvalue weighted by Gasteiger charge is -2.26. The molecule has 2 aliphatic rings. The largest absolute Gasteiger partial charge is 0.492 e. The van der Waals surface area contributed by atoms with E-state index in [1.54, 1.807) is 18.2 Å². The molecule has 0 radical (unpaired) electrons. The van der Waals surface area contributed by atoms with Crippen molar-refractivity contribution in [1.82, 2.24) is 4.90 Å². The number of rotatable bonds is 11. The summed E-state index contributed by atoms with van der Waals surface area (Å²) in [4.78, 5) is 13.6. The van der Waals surface area contributed by atoms with Gasteiger partial charge in [-0.3, -0.25) is 9.62 Å². The summed E-state index contributed by atoms with van der Waals surface area (Å²) in [5.41, 5.74) is 1.99. The molecule has 8 nitrogen and oxygen atoms in total. The van der Waals surface area contributed by atoms with E-state index >= 15 is 0 Å². The first-order valence-electron chi connectivity index (χ1n) is 11.5. The van der Waals surface area contributed by atoms with Crippen molar-refractivity contribution in [3.05, 3.63) is 54.1 Å². The molecule has 2 aromatic rings. The fraction of sp³-hybridized carbons (Fsp3) is 0.480. The number of ether oxygens (including phenoxy) is 3. The average Bonchev–Trinajstić information content (AvgIpc) is 3.19. The Balaban J connectivity index is 1.26. The number of nitrogens with one attached hydrogen (secondary N) is 1. The lowest BCUT2D eigenvalue weighted by atomic mass is 9.87. The van der Waals surface area contributed by atoms with Gasteiger partial charge in [0.15, 0.2) is 6.61 Å². The molecule has 0 spiro atoms. The molecule has 1 saturated heterocycles. The van der Waals surface area contributed by atoms with Crippen molar-refractivity contribution >= 4 is 21.7 Å². The van der Waals surface area contributed by atoms with Crippen LogP contribution in [0.25, 0.3) is 0 Å². The lowest BCUT2D eigenvalue weighted by molar-refractivity contribution is -0.142. The van der Waals surface area contributed by atoms with Gasteiger partial charge in [-0.25, -0.2) is 13.2 Å². The predicted octanol–water partition coefficient (Wildman–Crippen LogP) is 2.90. The molecule has 2 fully saturated rings. The number of piperidine rings is 1. The van der Waals surface area contributed by atoms with Crippen molar-refractivity contribution in [1.29, 1.82) is 0 Å². The Labute approximate surface area is 201 Å². The molecule has 184 valence electrons. The maximum Gasteiger partial charge on any atom is 0.343 e. The summed E-state index contributed by atoms with van der Waals surface area (Å²) in [6, 6.07) is 15.0. The summed E-state index contributed by atoms with van der Waals surface area (Å²) >= 11 is 0. The summed E-state index contributed by atoms with van der Waals surface area (Å²) in [5, 5.41) is 0. The first-order chi connectivity index (χ1) is 16.2. The van der Waals surface area contributed by atoms with E-state index in [-0.39, 0.29) is 12.0 Å². The number of anilines is 1. The summed E-state index contributed by atoms with van der Waals surface area (Å²) in [7, 11) is -1.97. The highest BCUT2D eigenvalue weighted by Crippen LogP contribution is 2.65. The topological polar surface area (TPSA) is 94.2 Å². The number of fused-ring (bicyclic) bond motifs is 1. The maximum absolute atomic E-state index is 11.6. The Bertz CT molecular complexity index is 1110. The van der Waals surface area contributed by atoms with E-state index in [1.807, 2.05) is 24.3 Å². The van der Waals surface area contributed by atoms with Crippen molar-refractivity contribution in [2.24, 2.45) is 11.8 Å². The Morgan fingerprint density at radius 2 is 1.74 bits per heavy atom. The zero-order chi connectivity index (χ0) is 24.3. The number of nitrogens with zero attached hydrogens (tertiary/aromatic N) is 1. The predicted molar refractivity (Wildman–Crippen MR) is 130 cm³/mol. The molecule has 1 saturated carbocycles. The van der Waals surface area contributed by atoms with Gasteiger partial charge in [-0.2, -0.15) is 0 Å². The highest BCUT2D eigenvalue weighted by Gasteiger charge is 2.67. The standard InChI is InChI=1S/C25H32N2O6S/c1-4-25(18-6-5-7-19(14-18)26-34(3,29)30)22-15-27(16-23(22)25)12-13-32-20-8-10-21(11-9-20)33-17-24(28)31-2/h5-11,14,22-23,26H,4,12-13,15-17H2,1-3H3. The van der Waals surface area contributed by atoms with E-state index in [0.29, 0.717) is 29.9 Å². The molecule has 34 heavy (non-hydrogen) atoms. The second-order valence-corrected chi connectivity index (χ2v) is 10.8. The van der Waals surface area contributed by atoms with Crippen molar-refractivity contribution in [3.63, 3.8) is 0 Å². The van der Waals surface area contributed by atoms with Gasteiger partial charge in [0.1, 0.15) is 18.1 Å². The van der Waals surface area contributed by atoms with Gasteiger partial charge < -0.3 is 14.2 Å². The Morgan fingerprint density at radius 1 is 1.09 bits per heavy atom. The molecule has 0 bridgehead atoms. The molecule has 2 unspecified atom stereocenters. The van der Waals surface area contributed by atoms with E-state index < -0.39 is 16.0 Å². The van der Waals surface area contributed by atoms with Gasteiger partial charge in [-0.15, -0.1) is 0 Å². The summed E-state index contributed by atoms with van der Waals surface area (Å²) in [6.07, 6.45) is 2.22. The summed E-state index contributed by atoms with van der Waals surface area (Å²) in [6.45, 7) is 5.59. The molecular formula is C25H32N2O6S. The second kappa shape index (κ2) is 9.84. The van der Waals surface area contributed by atoms with Gasteiger partial charge in [0.25, 0.3) is 0 Å². The normalized spacial score (nSPS) is 23.7. The smallest absolute Gasteiger partial charge is 0.343 e. The Morgan fingerprint density at radius 3 is 2.32 bits per heavy atom. The number of likely N-dealkylation sites (tertiary alicyclic amines) is 1. The molecule has 0 aromatic heterocycles. The van der Waals surface area contributed by atoms with Crippen LogP contribution in [0.3, 0.4) is 0 Å². The van der Waals surface area contributed by atoms with Crippen LogP contribution < -0.4 is 14.2 Å². The van der Waals surface area contributed by atoms with Crippen LogP contribution in [0.4, 0.5) is 5.69 Å². The number of carbonyl (C=O) groups excluding carboxylic acids is 1. The molecular weight excluding hydrogens is 456 g/mol. The first kappa shape index (κ1) is 24.3. The molecule has 1 aliphatic heterocycles. The number of sulfonamides is 1. The Kier molecular flexibility index (Phi) is 7.04. The molecule has 9 heteroatoms. The number of esters is 1. The van der Waals surface area contributed by atoms with Crippen LogP contribution in [-0.4, -0.2) is 65.5 Å². The van der Waals surface area contributed by atoms with Crippen molar-refractivity contribution in [3.8, 4) is 11.5 Å². The molecule has 4 rings (SSSR count). The minimum Gasteiger partial charge on any atom is -0.492 e. The van der Waals surface area contributed by atoms with Gasteiger partial charge in [0.2, 0.25) is 10.0 Å². The van der Waals surface area contributed by atoms with Gasteiger partial charge >= 0.3 is 5.97 Å². The average molecular weight is 489 g/mol. The summed E-state index contributed by atoms with van der Waals surface area (Å²) < 4.78 is 41.6. The lowest BCUT2D eigenvalue weighted by Crippen LogP contribution is -2.33. The highest BCUT2D eigenvalue weighted by molar-refractivity contribution is 7.92. The zero-order valence-corrected chi connectivity index (χ0v) is 20.6. The zero-order valence-electron chi connectivity index (χ0n) is 19.8. The van der Waals surface area contributed by atoms with Gasteiger partial charge in [-0.1, -0.05) is 19.1 Å². The fourth-order valence-corrected chi connectivity index (χ4v) is 5.92. The van der Waals surface area contributed by atoms with Gasteiger partial charge in [0.05, 0.1) is 13.4 Å². The molecule has 1 aliphatic carbocycles. The SMILES string of the molecule is CCC1(c2cccc(NS(C)(=O)=O)c2)C2CN(CCOc3ccc(OCC(=O)OC)cc3)CC21. The Hall–Kier alpha value is -2.78. The second-order valence-electron chi connectivity index (χ2n) is 9.01. The third-order valence-electron chi connectivity index (χ3n) is 6.98. The van der Waals surface area contributed by atoms with E-state index in [1.165, 1.54) is 18.9 Å². The number of hydrogen-bond acceptors (Lipinski definition) is 7. The van der Waals surface area contributed by atoms with E-state index in [0.717, 1.165) is 31.8 Å². The third-order valence-corrected chi connectivity index (χ3v) is 7.59. The molecule has 0 amide bonds. The maximum atomic E-state index is 11.6. The number of benzene rings is 2. The first-order valence-corrected chi connectivity index (χ1v) is 13.4. The molecule has 2 atom stereocenters. The number of methoxy groups -OCH3 is 1. The van der Waals surface area contributed by atoms with Crippen LogP contribution in [0.1, 0.15) is 18.9 Å². The minimum atomic E-state index is -3.29. The minimum absolute atomic E-state index is 0.119. The molecule has 2 aromatic carbocycles. The third kappa shape index (κ3) is 5.31. The van der Waals surface area contributed by atoms with Crippen molar-refractivity contribution < 1.29 is 27.4 Å². The molecule has 1 N–H and O–H groups in total. The van der Waals surface area contributed by atoms with Crippen LogP contribution in [0.15, 0.2) is 48.5 Å². The van der Waals surface area contributed by atoms with Crippen LogP contribution in [0, 0.1) is 11.8 Å². The number of carbonyl (C=O) groups is 1. The van der Waals surface area contributed by atoms with Crippen LogP contribution in [-0.2, 0) is 25.0 Å². The van der Waals surface area contributed by atoms with Crippen LogP contribution in [0.2, 0.25) is 0 Å². The van der Waals surface area contributed by atoms with E-state index in [2.05, 4.69) is 27.3 Å². The van der Waals surface area contributed by atoms with Crippen molar-refractivity contribution in [2.75, 3.05) is 50.9 Å². The fourth-order valence-electron chi connectivity index (χ4n) is 5.37. The van der Waals surface area contributed by atoms with Crippen molar-refractivity contribution in [2.45, 2.75) is 18.8 Å². The highest BCUT2D eigenvalue weighted by atomic mass is 32.2. The number of hydrogen-bond donors (Lipinski definition) is 1. The van der Waals surface area contributed by atoms with Gasteiger partial charge in [0, 0.05) is 30.7 Å². The molecule has 1 heterocycles.